The number of halogens is 1. The molecule has 1 heterocycles. The summed E-state index contributed by atoms with van der Waals surface area (Å²) >= 11 is 1.36. The topological polar surface area (TPSA) is 37.6 Å². The molecule has 0 atom stereocenters. The van der Waals surface area contributed by atoms with Crippen molar-refractivity contribution < 1.29 is 14.1 Å². The maximum Gasteiger partial charge on any atom is 0.260 e. The fourth-order valence-electron chi connectivity index (χ4n) is 3.01. The van der Waals surface area contributed by atoms with E-state index in [1.165, 1.54) is 28.4 Å². The molecular weight excluding hydrogens is 361 g/mol. The highest BCUT2D eigenvalue weighted by Gasteiger charge is 2.22. The van der Waals surface area contributed by atoms with Crippen LogP contribution in [0.4, 0.5) is 9.52 Å². The molecule has 27 heavy (non-hydrogen) atoms. The number of fused-ring (bicyclic) bond motifs is 1. The van der Waals surface area contributed by atoms with Crippen LogP contribution in [0.5, 0.6) is 0 Å². The van der Waals surface area contributed by atoms with E-state index in [-0.39, 0.29) is 11.7 Å². The summed E-state index contributed by atoms with van der Waals surface area (Å²) in [4.78, 5) is 20.9. The minimum atomic E-state index is -0.290. The van der Waals surface area contributed by atoms with Crippen LogP contribution in [-0.2, 0) is 0 Å². The highest BCUT2D eigenvalue weighted by molar-refractivity contribution is 7.22. The van der Waals surface area contributed by atoms with Gasteiger partial charge in [-0.1, -0.05) is 29.0 Å². The van der Waals surface area contributed by atoms with Gasteiger partial charge in [0.25, 0.3) is 5.91 Å². The number of likely N-dealkylation sites (N-methyl/N-ethyl adjacent to an activating group) is 1. The standard InChI is InChI=1S/C21H24FN3OS/c1-4-24(5-2)12-13-25(20(26)16-8-6-15(3)7-9-16)21-23-18-11-10-17(22)14-19(18)27-21/h6-11,14H,4-5,12-13H2,1-3H3/p+1. The smallest absolute Gasteiger partial charge is 0.260 e. The number of amides is 1. The average Bonchev–Trinajstić information content (AvgIpc) is 3.08. The van der Waals surface area contributed by atoms with Crippen molar-refractivity contribution in [3.63, 3.8) is 0 Å². The fraction of sp³-hybridized carbons (Fsp3) is 0.333. The zero-order valence-electron chi connectivity index (χ0n) is 16.0. The monoisotopic (exact) mass is 386 g/mol. The maximum atomic E-state index is 13.5. The first-order chi connectivity index (χ1) is 13.0. The summed E-state index contributed by atoms with van der Waals surface area (Å²) in [5.41, 5.74) is 2.47. The number of nitrogens with zero attached hydrogens (tertiary/aromatic N) is 2. The van der Waals surface area contributed by atoms with E-state index in [2.05, 4.69) is 18.8 Å². The van der Waals surface area contributed by atoms with Gasteiger partial charge in [0.15, 0.2) is 5.13 Å². The fourth-order valence-corrected chi connectivity index (χ4v) is 4.03. The van der Waals surface area contributed by atoms with Gasteiger partial charge in [-0.2, -0.15) is 0 Å². The number of hydrogen-bond acceptors (Lipinski definition) is 3. The molecule has 0 radical (unpaired) electrons. The Morgan fingerprint density at radius 2 is 1.85 bits per heavy atom. The first-order valence-corrected chi connectivity index (χ1v) is 10.1. The largest absolute Gasteiger partial charge is 0.334 e. The number of hydrogen-bond donors (Lipinski definition) is 1. The van der Waals surface area contributed by atoms with E-state index < -0.39 is 0 Å². The van der Waals surface area contributed by atoms with Gasteiger partial charge in [0.2, 0.25) is 0 Å². The molecule has 1 aromatic heterocycles. The second-order valence-corrected chi connectivity index (χ2v) is 7.65. The van der Waals surface area contributed by atoms with Gasteiger partial charge in [0.05, 0.1) is 36.4 Å². The zero-order valence-corrected chi connectivity index (χ0v) is 16.8. The van der Waals surface area contributed by atoms with Gasteiger partial charge in [0.1, 0.15) is 5.82 Å². The third kappa shape index (κ3) is 4.51. The molecule has 6 heteroatoms. The van der Waals surface area contributed by atoms with Gasteiger partial charge < -0.3 is 4.90 Å². The van der Waals surface area contributed by atoms with Crippen molar-refractivity contribution in [2.24, 2.45) is 0 Å². The second-order valence-electron chi connectivity index (χ2n) is 6.64. The number of benzene rings is 2. The predicted octanol–water partition coefficient (Wildman–Crippen LogP) is 3.32. The Labute approximate surface area is 163 Å². The van der Waals surface area contributed by atoms with Crippen LogP contribution in [0.25, 0.3) is 10.2 Å². The van der Waals surface area contributed by atoms with E-state index in [0.717, 1.165) is 29.9 Å². The first-order valence-electron chi connectivity index (χ1n) is 9.30. The van der Waals surface area contributed by atoms with Crippen LogP contribution in [0.15, 0.2) is 42.5 Å². The molecular formula is C21H25FN3OS+. The van der Waals surface area contributed by atoms with E-state index in [1.54, 1.807) is 11.0 Å². The number of aryl methyl sites for hydroxylation is 1. The van der Waals surface area contributed by atoms with Crippen LogP contribution in [-0.4, -0.2) is 37.1 Å². The van der Waals surface area contributed by atoms with Gasteiger partial charge in [-0.15, -0.1) is 0 Å². The summed E-state index contributed by atoms with van der Waals surface area (Å²) in [7, 11) is 0. The molecule has 1 amide bonds. The quantitative estimate of drug-likeness (QED) is 0.676. The third-order valence-electron chi connectivity index (χ3n) is 4.80. The lowest BCUT2D eigenvalue weighted by atomic mass is 10.1. The molecule has 0 saturated carbocycles. The Bertz CT molecular complexity index is 919. The van der Waals surface area contributed by atoms with Crippen LogP contribution >= 0.6 is 11.3 Å². The molecule has 0 fully saturated rings. The van der Waals surface area contributed by atoms with Crippen molar-refractivity contribution in [2.45, 2.75) is 20.8 Å². The Balaban J connectivity index is 1.94. The zero-order chi connectivity index (χ0) is 19.4. The van der Waals surface area contributed by atoms with Gasteiger partial charge in [-0.25, -0.2) is 9.37 Å². The van der Waals surface area contributed by atoms with Crippen molar-refractivity contribution in [2.75, 3.05) is 31.1 Å². The molecule has 0 aliphatic heterocycles. The Morgan fingerprint density at radius 3 is 2.52 bits per heavy atom. The molecule has 0 aliphatic carbocycles. The van der Waals surface area contributed by atoms with Crippen molar-refractivity contribution in [1.82, 2.24) is 4.98 Å². The number of nitrogens with one attached hydrogen (secondary N) is 1. The summed E-state index contributed by atoms with van der Waals surface area (Å²) in [6.07, 6.45) is 0. The van der Waals surface area contributed by atoms with E-state index in [9.17, 15) is 9.18 Å². The molecule has 1 N–H and O–H groups in total. The van der Waals surface area contributed by atoms with Crippen molar-refractivity contribution >= 4 is 32.6 Å². The van der Waals surface area contributed by atoms with Crippen LogP contribution in [0.1, 0.15) is 29.8 Å². The minimum absolute atomic E-state index is 0.0684. The molecule has 3 aromatic rings. The van der Waals surface area contributed by atoms with Crippen LogP contribution < -0.4 is 9.80 Å². The number of carbonyl (C=O) groups is 1. The van der Waals surface area contributed by atoms with Gasteiger partial charge in [0, 0.05) is 5.56 Å². The number of carbonyl (C=O) groups excluding carboxylic acids is 1. The van der Waals surface area contributed by atoms with Crippen molar-refractivity contribution in [1.29, 1.82) is 0 Å². The number of rotatable bonds is 7. The molecule has 0 saturated heterocycles. The number of aromatic nitrogens is 1. The molecule has 0 spiro atoms. The number of quaternary nitrogens is 1. The van der Waals surface area contributed by atoms with Crippen molar-refractivity contribution in [3.05, 3.63) is 59.4 Å². The van der Waals surface area contributed by atoms with Crippen molar-refractivity contribution in [3.8, 4) is 0 Å². The van der Waals surface area contributed by atoms with E-state index in [0.29, 0.717) is 22.8 Å². The van der Waals surface area contributed by atoms with Gasteiger partial charge in [-0.3, -0.25) is 9.69 Å². The highest BCUT2D eigenvalue weighted by Crippen LogP contribution is 2.30. The first kappa shape index (κ1) is 19.5. The van der Waals surface area contributed by atoms with Gasteiger partial charge >= 0.3 is 0 Å². The third-order valence-corrected chi connectivity index (χ3v) is 5.84. The van der Waals surface area contributed by atoms with E-state index in [1.807, 2.05) is 31.2 Å². The molecule has 3 rings (SSSR count). The number of anilines is 1. The molecule has 0 aliphatic rings. The molecule has 4 nitrogen and oxygen atoms in total. The summed E-state index contributed by atoms with van der Waals surface area (Å²) < 4.78 is 14.3. The van der Waals surface area contributed by atoms with E-state index in [4.69, 9.17) is 0 Å². The van der Waals surface area contributed by atoms with Crippen LogP contribution in [0.3, 0.4) is 0 Å². The second kappa shape index (κ2) is 8.59. The van der Waals surface area contributed by atoms with E-state index >= 15 is 0 Å². The SMILES string of the molecule is CC[NH+](CC)CCN(C(=O)c1ccc(C)cc1)c1nc2ccc(F)cc2s1. The van der Waals surface area contributed by atoms with Crippen LogP contribution in [0.2, 0.25) is 0 Å². The number of thiazole rings is 1. The lowest BCUT2D eigenvalue weighted by Crippen LogP contribution is -3.12. The normalized spacial score (nSPS) is 11.3. The summed E-state index contributed by atoms with van der Waals surface area (Å²) in [5, 5.41) is 0.618. The Kier molecular flexibility index (Phi) is 6.19. The lowest BCUT2D eigenvalue weighted by Gasteiger charge is -2.23. The molecule has 0 bridgehead atoms. The summed E-state index contributed by atoms with van der Waals surface area (Å²) in [6, 6.07) is 12.1. The Hall–Kier alpha value is -2.31. The minimum Gasteiger partial charge on any atom is -0.334 e. The summed E-state index contributed by atoms with van der Waals surface area (Å²) in [5.74, 6) is -0.359. The predicted molar refractivity (Wildman–Crippen MR) is 109 cm³/mol. The maximum absolute atomic E-state index is 13.5. The molecule has 0 unspecified atom stereocenters. The average molecular weight is 387 g/mol. The van der Waals surface area contributed by atoms with Crippen LogP contribution in [0, 0.1) is 12.7 Å². The Morgan fingerprint density at radius 1 is 1.15 bits per heavy atom. The molecule has 142 valence electrons. The highest BCUT2D eigenvalue weighted by atomic mass is 32.1. The summed E-state index contributed by atoms with van der Waals surface area (Å²) in [6.45, 7) is 9.72. The van der Waals surface area contributed by atoms with Gasteiger partial charge in [-0.05, 0) is 51.1 Å². The lowest BCUT2D eigenvalue weighted by molar-refractivity contribution is -0.894. The molecule has 2 aromatic carbocycles.